The van der Waals surface area contributed by atoms with Crippen molar-refractivity contribution in [1.82, 2.24) is 5.32 Å². The normalized spacial score (nSPS) is 19.4. The van der Waals surface area contributed by atoms with Crippen molar-refractivity contribution >= 4 is 0 Å². The Morgan fingerprint density at radius 3 is 2.89 bits per heavy atom. The van der Waals surface area contributed by atoms with Crippen LogP contribution in [0.5, 0.6) is 0 Å². The summed E-state index contributed by atoms with van der Waals surface area (Å²) in [6, 6.07) is 7.16. The van der Waals surface area contributed by atoms with E-state index in [0.717, 1.165) is 0 Å². The fourth-order valence-electron chi connectivity index (χ4n) is 3.18. The molecule has 0 fully saturated rings. The average molecular weight is 257 g/mol. The molecule has 0 saturated carbocycles. The van der Waals surface area contributed by atoms with Crippen molar-refractivity contribution in [3.8, 4) is 0 Å². The topological polar surface area (TPSA) is 12.0 Å². The molecule has 1 atom stereocenters. The molecule has 0 aliphatic heterocycles. The van der Waals surface area contributed by atoms with E-state index in [1.54, 1.807) is 11.1 Å². The third-order valence-electron chi connectivity index (χ3n) is 4.23. The van der Waals surface area contributed by atoms with Crippen molar-refractivity contribution in [3.05, 3.63) is 46.7 Å². The summed E-state index contributed by atoms with van der Waals surface area (Å²) in [5.41, 5.74) is 6.13. The minimum absolute atomic E-state index is 0.627. The van der Waals surface area contributed by atoms with Gasteiger partial charge in [-0.15, -0.1) is 0 Å². The Morgan fingerprint density at radius 1 is 1.42 bits per heavy atom. The summed E-state index contributed by atoms with van der Waals surface area (Å²) >= 11 is 0. The van der Waals surface area contributed by atoms with Crippen molar-refractivity contribution in [1.29, 1.82) is 0 Å². The van der Waals surface area contributed by atoms with Gasteiger partial charge in [0.05, 0.1) is 0 Å². The number of allylic oxidation sites excluding steroid dienone is 1. The number of hydrogen-bond acceptors (Lipinski definition) is 1. The first-order chi connectivity index (χ1) is 9.11. The van der Waals surface area contributed by atoms with Gasteiger partial charge in [-0.2, -0.15) is 0 Å². The van der Waals surface area contributed by atoms with Crippen LogP contribution in [0.4, 0.5) is 0 Å². The Balaban J connectivity index is 2.26. The first-order valence-electron chi connectivity index (χ1n) is 7.57. The van der Waals surface area contributed by atoms with Gasteiger partial charge in [0.2, 0.25) is 0 Å². The molecule has 1 nitrogen and oxygen atoms in total. The van der Waals surface area contributed by atoms with E-state index in [9.17, 15) is 0 Å². The van der Waals surface area contributed by atoms with Crippen LogP contribution in [0.2, 0.25) is 0 Å². The Bertz CT molecular complexity index is 457. The van der Waals surface area contributed by atoms with E-state index in [0.29, 0.717) is 11.8 Å². The summed E-state index contributed by atoms with van der Waals surface area (Å²) in [5, 5.41) is 3.15. The first kappa shape index (κ1) is 14.2. The van der Waals surface area contributed by atoms with Gasteiger partial charge in [0.15, 0.2) is 0 Å². The zero-order chi connectivity index (χ0) is 13.8. The highest BCUT2D eigenvalue weighted by Crippen LogP contribution is 2.37. The molecule has 0 bridgehead atoms. The van der Waals surface area contributed by atoms with Crippen LogP contribution in [0.1, 0.15) is 68.6 Å². The quantitative estimate of drug-likeness (QED) is 0.821. The molecule has 1 unspecified atom stereocenters. The van der Waals surface area contributed by atoms with Crippen LogP contribution >= 0.6 is 0 Å². The van der Waals surface area contributed by atoms with Crippen molar-refractivity contribution in [2.24, 2.45) is 0 Å². The van der Waals surface area contributed by atoms with E-state index < -0.39 is 0 Å². The van der Waals surface area contributed by atoms with Gasteiger partial charge < -0.3 is 5.32 Å². The van der Waals surface area contributed by atoms with Crippen LogP contribution in [-0.4, -0.2) is 7.05 Å². The molecular formula is C18H27N. The lowest BCUT2D eigenvalue weighted by Gasteiger charge is -2.27. The van der Waals surface area contributed by atoms with Crippen LogP contribution in [0, 0.1) is 0 Å². The number of nitrogens with one attached hydrogen (secondary N) is 1. The minimum Gasteiger partial charge on any atom is -0.394 e. The van der Waals surface area contributed by atoms with Gasteiger partial charge in [-0.3, -0.25) is 0 Å². The standard InChI is InChI=1S/C18H27N/c1-13(2)16-9-8-15-6-5-7-17(18(15)11-16)10-14(3)12-19-4/h8-9,11-13,17,19H,5-7,10H2,1-4H3/b14-12+. The number of aryl methyl sites for hydroxylation is 1. The van der Waals surface area contributed by atoms with E-state index in [4.69, 9.17) is 0 Å². The maximum absolute atomic E-state index is 3.15. The fourth-order valence-corrected chi connectivity index (χ4v) is 3.18. The zero-order valence-corrected chi connectivity index (χ0v) is 12.8. The summed E-state index contributed by atoms with van der Waals surface area (Å²) in [6.45, 7) is 6.80. The Labute approximate surface area is 118 Å². The van der Waals surface area contributed by atoms with Crippen molar-refractivity contribution in [3.63, 3.8) is 0 Å². The van der Waals surface area contributed by atoms with Crippen LogP contribution < -0.4 is 5.32 Å². The second-order valence-corrected chi connectivity index (χ2v) is 6.19. The maximum atomic E-state index is 3.15. The lowest BCUT2D eigenvalue weighted by atomic mass is 9.78. The molecule has 0 aromatic heterocycles. The molecule has 0 heterocycles. The summed E-state index contributed by atoms with van der Waals surface area (Å²) < 4.78 is 0. The molecule has 0 radical (unpaired) electrons. The van der Waals surface area contributed by atoms with Gasteiger partial charge in [0.25, 0.3) is 0 Å². The van der Waals surface area contributed by atoms with Crippen LogP contribution in [0.15, 0.2) is 30.0 Å². The second-order valence-electron chi connectivity index (χ2n) is 6.19. The van der Waals surface area contributed by atoms with Gasteiger partial charge in [0, 0.05) is 7.05 Å². The molecule has 0 saturated heterocycles. The molecule has 1 aromatic rings. The predicted octanol–water partition coefficient (Wildman–Crippen LogP) is 4.74. The molecule has 1 heteroatoms. The Kier molecular flexibility index (Phi) is 4.68. The summed E-state index contributed by atoms with van der Waals surface area (Å²) in [5.74, 6) is 1.34. The minimum atomic E-state index is 0.627. The van der Waals surface area contributed by atoms with Gasteiger partial charge in [-0.05, 0) is 67.3 Å². The average Bonchev–Trinajstić information content (AvgIpc) is 2.38. The van der Waals surface area contributed by atoms with Gasteiger partial charge in [0.1, 0.15) is 0 Å². The van der Waals surface area contributed by atoms with E-state index in [-0.39, 0.29) is 0 Å². The number of rotatable bonds is 4. The summed E-state index contributed by atoms with van der Waals surface area (Å²) in [4.78, 5) is 0. The lowest BCUT2D eigenvalue weighted by molar-refractivity contribution is 0.546. The second kappa shape index (κ2) is 6.27. The molecule has 1 N–H and O–H groups in total. The smallest absolute Gasteiger partial charge is 0.00276 e. The van der Waals surface area contributed by atoms with E-state index in [1.807, 2.05) is 7.05 Å². The highest BCUT2D eigenvalue weighted by molar-refractivity contribution is 5.38. The molecule has 1 aromatic carbocycles. The number of hydrogen-bond donors (Lipinski definition) is 1. The number of fused-ring (bicyclic) bond motifs is 1. The Morgan fingerprint density at radius 2 is 2.21 bits per heavy atom. The fraction of sp³-hybridized carbons (Fsp3) is 0.556. The first-order valence-corrected chi connectivity index (χ1v) is 7.57. The molecule has 0 spiro atoms. The van der Waals surface area contributed by atoms with E-state index in [2.05, 4.69) is 50.5 Å². The Hall–Kier alpha value is -1.24. The summed E-state index contributed by atoms with van der Waals surface area (Å²) in [7, 11) is 1.98. The number of benzene rings is 1. The van der Waals surface area contributed by atoms with E-state index in [1.165, 1.54) is 36.8 Å². The van der Waals surface area contributed by atoms with Gasteiger partial charge in [-0.1, -0.05) is 37.6 Å². The molecule has 1 aliphatic carbocycles. The SMILES string of the molecule is CN/C=C(\C)CC1CCCc2ccc(C(C)C)cc21. The maximum Gasteiger partial charge on any atom is 0.00276 e. The highest BCUT2D eigenvalue weighted by atomic mass is 14.8. The molecule has 19 heavy (non-hydrogen) atoms. The third kappa shape index (κ3) is 3.40. The third-order valence-corrected chi connectivity index (χ3v) is 4.23. The van der Waals surface area contributed by atoms with Gasteiger partial charge >= 0.3 is 0 Å². The molecule has 0 amide bonds. The van der Waals surface area contributed by atoms with Crippen LogP contribution in [0.25, 0.3) is 0 Å². The zero-order valence-electron chi connectivity index (χ0n) is 12.8. The van der Waals surface area contributed by atoms with Gasteiger partial charge in [-0.25, -0.2) is 0 Å². The van der Waals surface area contributed by atoms with Crippen molar-refractivity contribution < 1.29 is 0 Å². The molecule has 104 valence electrons. The summed E-state index contributed by atoms with van der Waals surface area (Å²) in [6.07, 6.45) is 7.27. The highest BCUT2D eigenvalue weighted by Gasteiger charge is 2.21. The lowest BCUT2D eigenvalue weighted by Crippen LogP contribution is -2.11. The van der Waals surface area contributed by atoms with Crippen LogP contribution in [0.3, 0.4) is 0 Å². The van der Waals surface area contributed by atoms with Crippen molar-refractivity contribution in [2.45, 2.75) is 58.3 Å². The molecular weight excluding hydrogens is 230 g/mol. The molecule has 2 rings (SSSR count). The largest absolute Gasteiger partial charge is 0.394 e. The monoisotopic (exact) mass is 257 g/mol. The predicted molar refractivity (Wildman–Crippen MR) is 83.6 cm³/mol. The van der Waals surface area contributed by atoms with Crippen molar-refractivity contribution in [2.75, 3.05) is 7.05 Å². The van der Waals surface area contributed by atoms with E-state index >= 15 is 0 Å². The molecule has 1 aliphatic rings. The van der Waals surface area contributed by atoms with Crippen LogP contribution in [-0.2, 0) is 6.42 Å².